The van der Waals surface area contributed by atoms with Crippen molar-refractivity contribution in [3.05, 3.63) is 54.6 Å². The maximum Gasteiger partial charge on any atom is 0.387 e. The number of thioether (sulfide) groups is 1. The molecule has 46 heavy (non-hydrogen) atoms. The highest BCUT2D eigenvalue weighted by Crippen LogP contribution is 2.38. The third-order valence-electron chi connectivity index (χ3n) is 8.44. The molecule has 1 unspecified atom stereocenters. The SMILES string of the molecule is CN=CC1CCN(C2CCN(C(=O)Cn3cc(NC(=O)c4cnn5cccnc45)c(-c4cc(SC)ccc4OC(F)F)n3)CC2)C1. The van der Waals surface area contributed by atoms with Crippen molar-refractivity contribution in [3.8, 4) is 17.0 Å². The smallest absolute Gasteiger partial charge is 0.387 e. The molecule has 15 heteroatoms. The molecule has 4 aromatic rings. The number of hydrogen-bond donors (Lipinski definition) is 1. The van der Waals surface area contributed by atoms with E-state index in [-0.39, 0.29) is 40.7 Å². The number of benzene rings is 1. The van der Waals surface area contributed by atoms with Gasteiger partial charge in [-0.1, -0.05) is 0 Å². The maximum atomic E-state index is 13.5. The van der Waals surface area contributed by atoms with Gasteiger partial charge in [0, 0.05) is 73.9 Å². The number of nitrogens with zero attached hydrogens (tertiary/aromatic N) is 8. The Kier molecular flexibility index (Phi) is 9.59. The van der Waals surface area contributed by atoms with Crippen LogP contribution >= 0.6 is 11.8 Å². The van der Waals surface area contributed by atoms with Gasteiger partial charge in [-0.15, -0.1) is 11.8 Å². The summed E-state index contributed by atoms with van der Waals surface area (Å²) in [6.07, 6.45) is 12.9. The quantitative estimate of drug-likeness (QED) is 0.200. The van der Waals surface area contributed by atoms with E-state index >= 15 is 0 Å². The molecule has 2 saturated heterocycles. The number of carbonyl (C=O) groups is 2. The Hall–Kier alpha value is -4.37. The monoisotopic (exact) mass is 651 g/mol. The van der Waals surface area contributed by atoms with Gasteiger partial charge in [-0.05, 0) is 56.3 Å². The van der Waals surface area contributed by atoms with Gasteiger partial charge in [0.2, 0.25) is 5.91 Å². The first-order valence-electron chi connectivity index (χ1n) is 15.1. The van der Waals surface area contributed by atoms with Gasteiger partial charge in [0.05, 0.1) is 11.9 Å². The number of halogens is 2. The van der Waals surface area contributed by atoms with Gasteiger partial charge < -0.3 is 19.9 Å². The topological polar surface area (TPSA) is 122 Å². The van der Waals surface area contributed by atoms with Crippen molar-refractivity contribution in [3.63, 3.8) is 0 Å². The molecule has 2 aliphatic heterocycles. The molecule has 1 aromatic carbocycles. The molecule has 1 N–H and O–H groups in total. The van der Waals surface area contributed by atoms with Crippen LogP contribution in [0.1, 0.15) is 29.6 Å². The average Bonchev–Trinajstić information content (AvgIpc) is 3.80. The number of piperidine rings is 1. The zero-order valence-electron chi connectivity index (χ0n) is 25.6. The average molecular weight is 652 g/mol. The van der Waals surface area contributed by atoms with Gasteiger partial charge >= 0.3 is 6.61 Å². The molecule has 5 heterocycles. The minimum absolute atomic E-state index is 0.0855. The second-order valence-corrected chi connectivity index (χ2v) is 12.2. The molecular weight excluding hydrogens is 616 g/mol. The van der Waals surface area contributed by atoms with Gasteiger partial charge in [0.15, 0.2) is 5.65 Å². The lowest BCUT2D eigenvalue weighted by molar-refractivity contribution is -0.133. The van der Waals surface area contributed by atoms with Crippen LogP contribution in [0.2, 0.25) is 0 Å². The van der Waals surface area contributed by atoms with Crippen LogP contribution < -0.4 is 10.1 Å². The second-order valence-electron chi connectivity index (χ2n) is 11.3. The van der Waals surface area contributed by atoms with E-state index in [1.165, 1.54) is 39.4 Å². The lowest BCUT2D eigenvalue weighted by Crippen LogP contribution is -2.47. The fourth-order valence-electron chi connectivity index (χ4n) is 6.19. The van der Waals surface area contributed by atoms with E-state index in [2.05, 4.69) is 30.4 Å². The van der Waals surface area contributed by atoms with Crippen LogP contribution in [-0.2, 0) is 11.3 Å². The number of carbonyl (C=O) groups excluding carboxylic acids is 2. The number of rotatable bonds is 10. The molecule has 1 atom stereocenters. The molecule has 2 amide bonds. The summed E-state index contributed by atoms with van der Waals surface area (Å²) in [6.45, 7) is 0.153. The first kappa shape index (κ1) is 31.6. The fourth-order valence-corrected chi connectivity index (χ4v) is 6.63. The summed E-state index contributed by atoms with van der Waals surface area (Å²) < 4.78 is 34.6. The molecule has 0 saturated carbocycles. The number of aliphatic imine (C=N–C) groups is 1. The summed E-state index contributed by atoms with van der Waals surface area (Å²) in [4.78, 5) is 40.5. The Balaban J connectivity index is 1.23. The molecule has 0 radical (unpaired) electrons. The number of anilines is 1. The largest absolute Gasteiger partial charge is 0.434 e. The standard InChI is InChI=1S/C31H35F2N9O3S/c1-34-15-20-6-11-40(17-20)21-7-12-39(13-8-21)27(43)19-41-18-25(37-30(44)24-16-36-42-10-3-9-35-29(24)42)28(38-41)23-14-22(46-2)4-5-26(23)45-31(32)33/h3-5,9-10,14-16,18,20-21,31H,6-8,11-13,17,19H2,1-2H3,(H,37,44). The Morgan fingerprint density at radius 1 is 1.22 bits per heavy atom. The number of alkyl halides is 2. The predicted octanol–water partition coefficient (Wildman–Crippen LogP) is 4.18. The minimum atomic E-state index is -3.07. The molecule has 12 nitrogen and oxygen atoms in total. The molecule has 2 fully saturated rings. The van der Waals surface area contributed by atoms with Gasteiger partial charge in [-0.25, -0.2) is 9.50 Å². The number of ether oxygens (including phenoxy) is 1. The molecule has 3 aromatic heterocycles. The normalized spacial score (nSPS) is 17.8. The van der Waals surface area contributed by atoms with Crippen molar-refractivity contribution in [2.45, 2.75) is 43.4 Å². The molecule has 242 valence electrons. The van der Waals surface area contributed by atoms with Crippen LogP contribution in [0.25, 0.3) is 16.9 Å². The van der Waals surface area contributed by atoms with Crippen LogP contribution in [0.15, 0.2) is 58.9 Å². The lowest BCUT2D eigenvalue weighted by Gasteiger charge is -2.36. The molecule has 0 bridgehead atoms. The Morgan fingerprint density at radius 3 is 2.80 bits per heavy atom. The second kappa shape index (κ2) is 14.0. The first-order chi connectivity index (χ1) is 22.3. The van der Waals surface area contributed by atoms with Crippen molar-refractivity contribution in [2.75, 3.05) is 44.8 Å². The number of fused-ring (bicyclic) bond motifs is 1. The van der Waals surface area contributed by atoms with Gasteiger partial charge in [-0.3, -0.25) is 19.2 Å². The van der Waals surface area contributed by atoms with Gasteiger partial charge in [0.1, 0.15) is 23.6 Å². The minimum Gasteiger partial charge on any atom is -0.434 e. The van der Waals surface area contributed by atoms with Crippen LogP contribution in [0.4, 0.5) is 14.5 Å². The van der Waals surface area contributed by atoms with Gasteiger partial charge in [0.25, 0.3) is 5.91 Å². The third-order valence-corrected chi connectivity index (χ3v) is 9.16. The number of hydrogen-bond acceptors (Lipinski definition) is 9. The van der Waals surface area contributed by atoms with Crippen molar-refractivity contribution in [1.29, 1.82) is 0 Å². The summed E-state index contributed by atoms with van der Waals surface area (Å²) in [5.41, 5.74) is 1.23. The zero-order valence-corrected chi connectivity index (χ0v) is 26.4. The predicted molar refractivity (Wildman–Crippen MR) is 171 cm³/mol. The van der Waals surface area contributed by atoms with Crippen molar-refractivity contribution in [2.24, 2.45) is 10.9 Å². The number of aromatic nitrogens is 5. The van der Waals surface area contributed by atoms with Gasteiger partial charge in [-0.2, -0.15) is 19.0 Å². The van der Waals surface area contributed by atoms with Crippen LogP contribution in [0.3, 0.4) is 0 Å². The summed E-state index contributed by atoms with van der Waals surface area (Å²) in [5.74, 6) is -0.249. The van der Waals surface area contributed by atoms with E-state index in [4.69, 9.17) is 4.74 Å². The van der Waals surface area contributed by atoms with E-state index in [1.807, 2.05) is 24.4 Å². The summed E-state index contributed by atoms with van der Waals surface area (Å²) in [7, 11) is 1.81. The Morgan fingerprint density at radius 2 is 2.04 bits per heavy atom. The number of amides is 2. The lowest BCUT2D eigenvalue weighted by atomic mass is 10.0. The van der Waals surface area contributed by atoms with Crippen LogP contribution in [0.5, 0.6) is 5.75 Å². The molecule has 6 rings (SSSR count). The van der Waals surface area contributed by atoms with E-state index in [9.17, 15) is 18.4 Å². The van der Waals surface area contributed by atoms with E-state index in [0.29, 0.717) is 30.7 Å². The van der Waals surface area contributed by atoms with E-state index < -0.39 is 12.5 Å². The number of likely N-dealkylation sites (tertiary alicyclic amines) is 2. The summed E-state index contributed by atoms with van der Waals surface area (Å²) in [5, 5.41) is 11.6. The first-order valence-corrected chi connectivity index (χ1v) is 16.3. The van der Waals surface area contributed by atoms with Crippen LogP contribution in [-0.4, -0.2) is 104 Å². The maximum absolute atomic E-state index is 13.5. The van der Waals surface area contributed by atoms with Crippen molar-refractivity contribution < 1.29 is 23.1 Å². The molecule has 2 aliphatic rings. The molecular formula is C31H35F2N9O3S. The highest BCUT2D eigenvalue weighted by Gasteiger charge is 2.31. The number of nitrogens with one attached hydrogen (secondary N) is 1. The summed E-state index contributed by atoms with van der Waals surface area (Å²) in [6, 6.07) is 6.91. The van der Waals surface area contributed by atoms with Crippen molar-refractivity contribution >= 4 is 41.1 Å². The highest BCUT2D eigenvalue weighted by atomic mass is 32.2. The van der Waals surface area contributed by atoms with Crippen LogP contribution in [0, 0.1) is 5.92 Å². The summed E-state index contributed by atoms with van der Waals surface area (Å²) >= 11 is 1.42. The third kappa shape index (κ3) is 6.89. The molecule has 0 spiro atoms. The molecule has 0 aliphatic carbocycles. The zero-order chi connectivity index (χ0) is 32.2. The van der Waals surface area contributed by atoms with Crippen molar-refractivity contribution in [1.82, 2.24) is 34.2 Å². The Labute approximate surface area is 268 Å². The van der Waals surface area contributed by atoms with E-state index in [1.54, 1.807) is 30.6 Å². The van der Waals surface area contributed by atoms with E-state index in [0.717, 1.165) is 37.2 Å². The Bertz CT molecular complexity index is 1740. The highest BCUT2D eigenvalue weighted by molar-refractivity contribution is 7.98. The fraction of sp³-hybridized carbons (Fsp3) is 0.419.